The molecule has 5 aromatic rings. The third kappa shape index (κ3) is 4.06. The smallest absolute Gasteiger partial charge is 0.261 e. The predicted molar refractivity (Wildman–Crippen MR) is 138 cm³/mol. The molecule has 3 aromatic heterocycles. The van der Waals surface area contributed by atoms with Crippen LogP contribution in [0.4, 0.5) is 10.1 Å². The molecule has 0 bridgehead atoms. The number of hydrogen-bond donors (Lipinski definition) is 2. The minimum absolute atomic E-state index is 0.230. The summed E-state index contributed by atoms with van der Waals surface area (Å²) in [4.78, 5) is 13.0. The molecule has 0 aliphatic carbocycles. The lowest BCUT2D eigenvalue weighted by Crippen LogP contribution is -2.25. The number of halogens is 2. The average Bonchev–Trinajstić information content (AvgIpc) is 3.43. The molecule has 3 heterocycles. The molecular weight excluding hydrogens is 553 g/mol. The van der Waals surface area contributed by atoms with E-state index in [1.807, 2.05) is 6.07 Å². The second-order valence-corrected chi connectivity index (χ2v) is 9.41. The van der Waals surface area contributed by atoms with Gasteiger partial charge in [-0.15, -0.1) is 10.2 Å². The van der Waals surface area contributed by atoms with Crippen molar-refractivity contribution in [2.75, 3.05) is 17.9 Å². The molecule has 1 atom stereocenters. The van der Waals surface area contributed by atoms with Crippen LogP contribution in [-0.4, -0.2) is 42.9 Å². The van der Waals surface area contributed by atoms with Gasteiger partial charge in [0.05, 0.1) is 11.3 Å². The number of benzene rings is 2. The number of pyridine rings is 1. The van der Waals surface area contributed by atoms with Crippen LogP contribution in [0.1, 0.15) is 17.3 Å². The van der Waals surface area contributed by atoms with Crippen LogP contribution < -0.4 is 9.62 Å². The van der Waals surface area contributed by atoms with Gasteiger partial charge in [-0.1, -0.05) is 0 Å². The fourth-order valence-corrected chi connectivity index (χ4v) is 5.02. The first-order valence-electron chi connectivity index (χ1n) is 10.8. The number of aromatic nitrogens is 3. The second kappa shape index (κ2) is 9.45. The number of hydrogen-bond acceptors (Lipinski definition) is 5. The van der Waals surface area contributed by atoms with Crippen LogP contribution in [0, 0.1) is 5.82 Å². The van der Waals surface area contributed by atoms with Crippen LogP contribution in [-0.2, 0) is 11.3 Å². The zero-order chi connectivity index (χ0) is 25.6. The van der Waals surface area contributed by atoms with Gasteiger partial charge in [-0.25, -0.2) is 8.60 Å². The fraction of sp³-hybridized carbons (Fsp3) is 0.125. The molecule has 0 radical (unpaired) electrons. The molecule has 1 unspecified atom stereocenters. The monoisotopic (exact) mass is 571 g/mol. The van der Waals surface area contributed by atoms with Gasteiger partial charge < -0.3 is 9.73 Å². The van der Waals surface area contributed by atoms with Crippen LogP contribution >= 0.6 is 15.9 Å². The maximum absolute atomic E-state index is 13.6. The second-order valence-electron chi connectivity index (χ2n) is 7.80. The zero-order valence-corrected chi connectivity index (χ0v) is 21.4. The van der Waals surface area contributed by atoms with Gasteiger partial charge in [0.1, 0.15) is 17.2 Å². The summed E-state index contributed by atoms with van der Waals surface area (Å²) in [6.45, 7) is 1.98. The van der Waals surface area contributed by atoms with E-state index < -0.39 is 17.1 Å². The van der Waals surface area contributed by atoms with Crippen molar-refractivity contribution >= 4 is 55.4 Å². The third-order valence-electron chi connectivity index (χ3n) is 5.78. The molecule has 5 rings (SSSR count). The molecule has 2 N–H and O–H groups in total. The molecule has 0 aliphatic rings. The van der Waals surface area contributed by atoms with Gasteiger partial charge >= 0.3 is 0 Å². The van der Waals surface area contributed by atoms with E-state index in [0.29, 0.717) is 43.7 Å². The van der Waals surface area contributed by atoms with Gasteiger partial charge in [-0.05, 0) is 65.3 Å². The molecule has 9 nitrogen and oxygen atoms in total. The lowest BCUT2D eigenvalue weighted by Gasteiger charge is -2.21. The highest BCUT2D eigenvalue weighted by molar-refractivity contribution is 9.10. The minimum atomic E-state index is -2.32. The van der Waals surface area contributed by atoms with Crippen LogP contribution in [0.3, 0.4) is 0 Å². The van der Waals surface area contributed by atoms with Crippen molar-refractivity contribution in [3.63, 3.8) is 0 Å². The van der Waals surface area contributed by atoms with Crippen molar-refractivity contribution < 1.29 is 22.4 Å². The Labute approximate surface area is 215 Å². The largest absolute Gasteiger partial charge is 0.455 e. The van der Waals surface area contributed by atoms with Crippen molar-refractivity contribution in [1.82, 2.24) is 19.9 Å². The zero-order valence-electron chi connectivity index (χ0n) is 19.0. The van der Waals surface area contributed by atoms with Gasteiger partial charge in [0.25, 0.3) is 17.2 Å². The first kappa shape index (κ1) is 24.1. The van der Waals surface area contributed by atoms with Crippen LogP contribution in [0.2, 0.25) is 0 Å². The van der Waals surface area contributed by atoms with Crippen molar-refractivity contribution in [2.24, 2.45) is 0 Å². The van der Waals surface area contributed by atoms with Crippen molar-refractivity contribution in [3.8, 4) is 22.5 Å². The molecule has 184 valence electrons. The molecule has 1 amide bonds. The minimum Gasteiger partial charge on any atom is -0.455 e. The summed E-state index contributed by atoms with van der Waals surface area (Å²) >= 11 is 1.05. The summed E-state index contributed by atoms with van der Waals surface area (Å²) in [6, 6.07) is 12.6. The highest BCUT2D eigenvalue weighted by Gasteiger charge is 2.26. The summed E-state index contributed by atoms with van der Waals surface area (Å²) in [7, 11) is 1.51. The molecule has 0 saturated carbocycles. The summed E-state index contributed by atoms with van der Waals surface area (Å²) in [5, 5.41) is 11.2. The normalized spacial score (nSPS) is 12.2. The lowest BCUT2D eigenvalue weighted by molar-refractivity contribution is 0.0964. The number of rotatable bonds is 6. The van der Waals surface area contributed by atoms with E-state index in [0.717, 1.165) is 0 Å². The standard InChI is InChI=1S/C24H19BrFN5O4S/c1-3-31(36(33)34)18-11-19-17(10-16(18)14-6-9-20-28-29-24(25)30(20)12-14)21(23(32)27-2)22(35-19)13-4-7-15(26)8-5-13/h4-12H,3H2,1-2H3,(H,27,32)(H,33,34). The summed E-state index contributed by atoms with van der Waals surface area (Å²) < 4.78 is 45.4. The molecular formula is C24H19BrFN5O4S. The van der Waals surface area contributed by atoms with E-state index in [-0.39, 0.29) is 23.8 Å². The predicted octanol–water partition coefficient (Wildman–Crippen LogP) is 5.03. The number of fused-ring (bicyclic) bond motifs is 2. The number of amides is 1. The number of nitrogens with zero attached hydrogens (tertiary/aromatic N) is 4. The van der Waals surface area contributed by atoms with Crippen molar-refractivity contribution in [2.45, 2.75) is 6.92 Å². The number of nitrogens with one attached hydrogen (secondary N) is 1. The summed E-state index contributed by atoms with van der Waals surface area (Å²) in [5.41, 5.74) is 3.44. The van der Waals surface area contributed by atoms with Crippen LogP contribution in [0.25, 0.3) is 39.1 Å². The molecule has 0 saturated heterocycles. The topological polar surface area (TPSA) is 113 Å². The Bertz CT molecular complexity index is 1650. The molecule has 0 spiro atoms. The van der Waals surface area contributed by atoms with E-state index in [1.54, 1.807) is 35.7 Å². The lowest BCUT2D eigenvalue weighted by atomic mass is 9.99. The Hall–Kier alpha value is -3.61. The highest BCUT2D eigenvalue weighted by atomic mass is 79.9. The van der Waals surface area contributed by atoms with Gasteiger partial charge in [-0.2, -0.15) is 0 Å². The SMILES string of the molecule is CCN(c1cc2oc(-c3ccc(F)cc3)c(C(=O)NC)c2cc1-c1ccc2nnc(Br)n2c1)S(=O)O. The molecule has 0 aliphatic heterocycles. The first-order valence-corrected chi connectivity index (χ1v) is 12.7. The molecule has 0 fully saturated rings. The third-order valence-corrected chi connectivity index (χ3v) is 7.16. The Kier molecular flexibility index (Phi) is 6.33. The number of carbonyl (C=O) groups is 1. The van der Waals surface area contributed by atoms with Crippen molar-refractivity contribution in [1.29, 1.82) is 0 Å². The Morgan fingerprint density at radius 3 is 2.58 bits per heavy atom. The van der Waals surface area contributed by atoms with E-state index >= 15 is 0 Å². The average molecular weight is 572 g/mol. The summed E-state index contributed by atoms with van der Waals surface area (Å²) in [5.74, 6) is -0.542. The highest BCUT2D eigenvalue weighted by Crippen LogP contribution is 2.41. The molecule has 12 heteroatoms. The quantitative estimate of drug-likeness (QED) is 0.276. The molecule has 2 aromatic carbocycles. The van der Waals surface area contributed by atoms with Gasteiger partial charge in [0.15, 0.2) is 5.65 Å². The van der Waals surface area contributed by atoms with E-state index in [2.05, 4.69) is 31.4 Å². The fourth-order valence-electron chi connectivity index (χ4n) is 4.11. The van der Waals surface area contributed by atoms with Gasteiger partial charge in [0.2, 0.25) is 4.73 Å². The van der Waals surface area contributed by atoms with E-state index in [4.69, 9.17) is 4.42 Å². The first-order chi connectivity index (χ1) is 17.3. The Morgan fingerprint density at radius 1 is 1.19 bits per heavy atom. The maximum atomic E-state index is 13.6. The Balaban J connectivity index is 1.84. The van der Waals surface area contributed by atoms with Crippen LogP contribution in [0.5, 0.6) is 0 Å². The van der Waals surface area contributed by atoms with E-state index in [9.17, 15) is 17.9 Å². The number of anilines is 1. The molecule has 36 heavy (non-hydrogen) atoms. The van der Waals surface area contributed by atoms with Crippen molar-refractivity contribution in [3.05, 3.63) is 70.8 Å². The van der Waals surface area contributed by atoms with Crippen LogP contribution in [0.15, 0.2) is 63.9 Å². The maximum Gasteiger partial charge on any atom is 0.261 e. The van der Waals surface area contributed by atoms with Gasteiger partial charge in [-0.3, -0.25) is 18.1 Å². The number of carbonyl (C=O) groups excluding carboxylic acids is 1. The van der Waals surface area contributed by atoms with Gasteiger partial charge in [0, 0.05) is 47.9 Å². The summed E-state index contributed by atoms with van der Waals surface area (Å²) in [6.07, 6.45) is 1.79. The van der Waals surface area contributed by atoms with E-state index in [1.165, 1.54) is 35.6 Å². The Morgan fingerprint density at radius 2 is 1.92 bits per heavy atom. The number of furan rings is 1.